The van der Waals surface area contributed by atoms with Crippen molar-refractivity contribution in [1.82, 2.24) is 4.90 Å². The van der Waals surface area contributed by atoms with Gasteiger partial charge in [-0.05, 0) is 66.6 Å². The maximum absolute atomic E-state index is 13.6. The van der Waals surface area contributed by atoms with Crippen LogP contribution in [-0.2, 0) is 11.2 Å². The fourth-order valence-corrected chi connectivity index (χ4v) is 5.90. The molecule has 8 heteroatoms. The molecular formula is C30H33F2NO5. The van der Waals surface area contributed by atoms with E-state index in [1.54, 1.807) is 33.3 Å². The number of halogens is 2. The lowest BCUT2D eigenvalue weighted by Crippen LogP contribution is -2.40. The van der Waals surface area contributed by atoms with Gasteiger partial charge in [0.2, 0.25) is 0 Å². The number of rotatable bonds is 7. The Bertz CT molecular complexity index is 1330. The Labute approximate surface area is 221 Å². The molecule has 202 valence electrons. The zero-order chi connectivity index (χ0) is 27.2. The molecule has 5 rings (SSSR count). The van der Waals surface area contributed by atoms with E-state index in [2.05, 4.69) is 29.6 Å². The van der Waals surface area contributed by atoms with Crippen molar-refractivity contribution < 1.29 is 32.5 Å². The molecule has 0 fully saturated rings. The Morgan fingerprint density at radius 1 is 1.03 bits per heavy atom. The number of allylic oxidation sites excluding steroid dienone is 3. The molecule has 38 heavy (non-hydrogen) atoms. The van der Waals surface area contributed by atoms with E-state index in [0.29, 0.717) is 24.5 Å². The van der Waals surface area contributed by atoms with Gasteiger partial charge in [0.25, 0.3) is 0 Å². The van der Waals surface area contributed by atoms with E-state index < -0.39 is 6.61 Å². The molecule has 2 aromatic rings. The van der Waals surface area contributed by atoms with Crippen molar-refractivity contribution in [1.29, 1.82) is 0 Å². The third-order valence-electron chi connectivity index (χ3n) is 7.48. The highest BCUT2D eigenvalue weighted by Gasteiger charge is 2.43. The van der Waals surface area contributed by atoms with Gasteiger partial charge in [-0.25, -0.2) is 0 Å². The van der Waals surface area contributed by atoms with E-state index in [0.717, 1.165) is 53.0 Å². The molecule has 0 amide bonds. The number of methoxy groups -OCH3 is 2. The van der Waals surface area contributed by atoms with Gasteiger partial charge in [-0.1, -0.05) is 19.9 Å². The number of nitrogens with zero attached hydrogens (tertiary/aromatic N) is 1. The van der Waals surface area contributed by atoms with Crippen molar-refractivity contribution in [2.24, 2.45) is 5.41 Å². The molecule has 0 saturated heterocycles. The van der Waals surface area contributed by atoms with Crippen molar-refractivity contribution in [2.75, 3.05) is 27.4 Å². The zero-order valence-corrected chi connectivity index (χ0v) is 22.4. The molecular weight excluding hydrogens is 492 g/mol. The highest BCUT2D eigenvalue weighted by Crippen LogP contribution is 2.51. The van der Waals surface area contributed by atoms with Crippen molar-refractivity contribution in [2.45, 2.75) is 52.6 Å². The van der Waals surface area contributed by atoms with Gasteiger partial charge in [0.05, 0.1) is 20.8 Å². The monoisotopic (exact) mass is 525 g/mol. The first-order valence-electron chi connectivity index (χ1n) is 12.9. The summed E-state index contributed by atoms with van der Waals surface area (Å²) in [6, 6.07) is 8.97. The number of Topliss-reactive ketones (excluding diaryl/α,β-unsaturated/α-hetero) is 1. The first-order chi connectivity index (χ1) is 18.2. The van der Waals surface area contributed by atoms with Crippen molar-refractivity contribution in [3.05, 3.63) is 64.4 Å². The number of ketones is 1. The normalized spacial score (nSPS) is 19.9. The Morgan fingerprint density at radius 3 is 2.45 bits per heavy atom. The van der Waals surface area contributed by atoms with Crippen LogP contribution in [0.15, 0.2) is 47.7 Å². The lowest BCUT2D eigenvalue weighted by Gasteiger charge is -2.46. The molecule has 1 atom stereocenters. The number of hydrogen-bond acceptors (Lipinski definition) is 6. The largest absolute Gasteiger partial charge is 0.493 e. The third kappa shape index (κ3) is 4.61. The fourth-order valence-electron chi connectivity index (χ4n) is 5.90. The molecule has 6 nitrogen and oxygen atoms in total. The Kier molecular flexibility index (Phi) is 6.84. The van der Waals surface area contributed by atoms with E-state index in [9.17, 15) is 13.6 Å². The van der Waals surface area contributed by atoms with Crippen LogP contribution in [0.2, 0.25) is 0 Å². The lowest BCUT2D eigenvalue weighted by atomic mass is 9.69. The van der Waals surface area contributed by atoms with Crippen molar-refractivity contribution in [3.63, 3.8) is 0 Å². The van der Waals surface area contributed by atoms with Crippen LogP contribution in [0, 0.1) is 5.41 Å². The molecule has 2 aromatic carbocycles. The number of benzene rings is 2. The van der Waals surface area contributed by atoms with E-state index in [1.807, 2.05) is 12.1 Å². The average molecular weight is 526 g/mol. The van der Waals surface area contributed by atoms with Gasteiger partial charge < -0.3 is 23.8 Å². The lowest BCUT2D eigenvalue weighted by molar-refractivity contribution is -0.118. The molecule has 0 saturated carbocycles. The summed E-state index contributed by atoms with van der Waals surface area (Å²) in [7, 11) is 3.24. The second-order valence-corrected chi connectivity index (χ2v) is 10.6. The fraction of sp³-hybridized carbons (Fsp3) is 0.433. The molecule has 0 aromatic heterocycles. The minimum absolute atomic E-state index is 0.0270. The molecule has 3 aliphatic rings. The van der Waals surface area contributed by atoms with Crippen LogP contribution in [0.1, 0.15) is 56.2 Å². The number of fused-ring (bicyclic) bond motifs is 4. The zero-order valence-electron chi connectivity index (χ0n) is 22.4. The van der Waals surface area contributed by atoms with Crippen LogP contribution in [-0.4, -0.2) is 44.7 Å². The van der Waals surface area contributed by atoms with Gasteiger partial charge in [0.1, 0.15) is 0 Å². The smallest absolute Gasteiger partial charge is 0.387 e. The van der Waals surface area contributed by atoms with Crippen LogP contribution in [0.5, 0.6) is 23.0 Å². The summed E-state index contributed by atoms with van der Waals surface area (Å²) in [5.74, 6) is 1.27. The maximum atomic E-state index is 13.6. The summed E-state index contributed by atoms with van der Waals surface area (Å²) >= 11 is 0. The third-order valence-corrected chi connectivity index (χ3v) is 7.48. The summed E-state index contributed by atoms with van der Waals surface area (Å²) < 4.78 is 47.5. The molecule has 0 bridgehead atoms. The summed E-state index contributed by atoms with van der Waals surface area (Å²) in [6.07, 6.45) is 4.12. The van der Waals surface area contributed by atoms with Crippen molar-refractivity contribution in [3.8, 4) is 23.0 Å². The van der Waals surface area contributed by atoms with E-state index >= 15 is 0 Å². The number of alkyl halides is 2. The molecule has 0 N–H and O–H groups in total. The first-order valence-corrected chi connectivity index (χ1v) is 12.9. The predicted molar refractivity (Wildman–Crippen MR) is 140 cm³/mol. The summed E-state index contributed by atoms with van der Waals surface area (Å²) in [5, 5.41) is 0. The van der Waals surface area contributed by atoms with Gasteiger partial charge >= 0.3 is 6.61 Å². The second kappa shape index (κ2) is 9.97. The second-order valence-electron chi connectivity index (χ2n) is 10.6. The topological polar surface area (TPSA) is 57.2 Å². The molecule has 0 radical (unpaired) electrons. The van der Waals surface area contributed by atoms with Gasteiger partial charge in [-0.15, -0.1) is 0 Å². The van der Waals surface area contributed by atoms with Crippen molar-refractivity contribution >= 4 is 11.5 Å². The number of carbonyl (C=O) groups is 1. The standard InChI is InChI=1S/C30H33F2NO5/c1-6-37-27-12-17(7-8-24(27)38-29(31)32)20-13-21-19-14-26(36-5)25(35-4)11-18(19)9-10-33(21)22-15-30(2,3)16-23(34)28(20)22/h7-8,11-14,20,29H,6,9-10,15-16H2,1-5H3. The average Bonchev–Trinajstić information content (AvgIpc) is 2.87. The quantitative estimate of drug-likeness (QED) is 0.420. The van der Waals surface area contributed by atoms with Crippen LogP contribution < -0.4 is 18.9 Å². The predicted octanol–water partition coefficient (Wildman–Crippen LogP) is 6.34. The molecule has 0 spiro atoms. The highest BCUT2D eigenvalue weighted by molar-refractivity contribution is 6.01. The Hall–Kier alpha value is -3.55. The van der Waals surface area contributed by atoms with Gasteiger partial charge in [0, 0.05) is 41.4 Å². The first kappa shape index (κ1) is 26.1. The summed E-state index contributed by atoms with van der Waals surface area (Å²) in [5.41, 5.74) is 5.59. The van der Waals surface area contributed by atoms with Crippen LogP contribution in [0.4, 0.5) is 8.78 Å². The summed E-state index contributed by atoms with van der Waals surface area (Å²) in [4.78, 5) is 15.9. The van der Waals surface area contributed by atoms with Crippen LogP contribution in [0.25, 0.3) is 5.70 Å². The SMILES string of the molecule is CCOc1cc(C2C=C3c4cc(OC)c(OC)cc4CCN3C3=C2C(=O)CC(C)(C)C3)ccc1OC(F)F. The highest BCUT2D eigenvalue weighted by atomic mass is 19.3. The minimum atomic E-state index is -2.97. The van der Waals surface area contributed by atoms with E-state index in [-0.39, 0.29) is 28.6 Å². The Morgan fingerprint density at radius 2 is 1.76 bits per heavy atom. The van der Waals surface area contributed by atoms with Crippen LogP contribution >= 0.6 is 0 Å². The van der Waals surface area contributed by atoms with Crippen LogP contribution in [0.3, 0.4) is 0 Å². The molecule has 2 heterocycles. The minimum Gasteiger partial charge on any atom is -0.493 e. The van der Waals surface area contributed by atoms with E-state index in [1.165, 1.54) is 6.07 Å². The molecule has 1 aliphatic carbocycles. The van der Waals surface area contributed by atoms with Gasteiger partial charge in [-0.2, -0.15) is 8.78 Å². The Balaban J connectivity index is 1.69. The maximum Gasteiger partial charge on any atom is 0.387 e. The summed E-state index contributed by atoms with van der Waals surface area (Å²) in [6.45, 7) is 4.10. The molecule has 1 unspecified atom stereocenters. The number of hydrogen-bond donors (Lipinski definition) is 0. The number of ether oxygens (including phenoxy) is 4. The van der Waals surface area contributed by atoms with Gasteiger partial charge in [-0.3, -0.25) is 4.79 Å². The molecule has 2 aliphatic heterocycles. The van der Waals surface area contributed by atoms with E-state index in [4.69, 9.17) is 14.2 Å². The number of carbonyl (C=O) groups excluding carboxylic acids is 1. The van der Waals surface area contributed by atoms with Gasteiger partial charge in [0.15, 0.2) is 28.8 Å².